The monoisotopic (exact) mass is 233 g/mol. The van der Waals surface area contributed by atoms with Crippen molar-refractivity contribution in [2.75, 3.05) is 0 Å². The van der Waals surface area contributed by atoms with Crippen molar-refractivity contribution in [3.8, 4) is 0 Å². The Bertz CT molecular complexity index is 297. The van der Waals surface area contributed by atoms with Crippen LogP contribution in [0.3, 0.4) is 0 Å². The maximum absolute atomic E-state index is 8.18. The van der Waals surface area contributed by atoms with E-state index < -0.39 is 0 Å². The molecule has 57 valence electrons. The number of rotatable bonds is 0. The van der Waals surface area contributed by atoms with Crippen LogP contribution in [0.15, 0.2) is 42.5 Å². The standard InChI is InChI=1S/C9H7.O.Ru/c1-2-5-9-7-3-6-8(9)4-1;;/h1-7H;;/q-1;;+1. The van der Waals surface area contributed by atoms with E-state index in [9.17, 15) is 0 Å². The van der Waals surface area contributed by atoms with Crippen LogP contribution in [0.2, 0.25) is 0 Å². The molecule has 2 rings (SSSR count). The molecule has 0 aliphatic heterocycles. The molecule has 0 aromatic heterocycles. The number of benzene rings is 1. The SMILES string of the molecule is [O]=[Ru+].c1ccc2[cH-]ccc2c1. The fourth-order valence-electron chi connectivity index (χ4n) is 1.07. The quantitative estimate of drug-likeness (QED) is 0.503. The summed E-state index contributed by atoms with van der Waals surface area (Å²) < 4.78 is 8.18. The van der Waals surface area contributed by atoms with Gasteiger partial charge in [-0.2, -0.15) is 17.5 Å². The van der Waals surface area contributed by atoms with Crippen molar-refractivity contribution in [3.63, 3.8) is 0 Å². The Morgan fingerprint density at radius 3 is 2.55 bits per heavy atom. The summed E-state index contributed by atoms with van der Waals surface area (Å²) in [5, 5.41) is 2.66. The molecular weight excluding hydrogens is 225 g/mol. The van der Waals surface area contributed by atoms with Gasteiger partial charge in [0.2, 0.25) is 0 Å². The van der Waals surface area contributed by atoms with E-state index in [-0.39, 0.29) is 0 Å². The van der Waals surface area contributed by atoms with Crippen molar-refractivity contribution in [1.29, 1.82) is 0 Å². The first-order valence-corrected chi connectivity index (χ1v) is 3.93. The van der Waals surface area contributed by atoms with Gasteiger partial charge in [0.25, 0.3) is 0 Å². The van der Waals surface area contributed by atoms with Gasteiger partial charge < -0.3 is 0 Å². The average molecular weight is 232 g/mol. The Hall–Kier alpha value is -0.747. The summed E-state index contributed by atoms with van der Waals surface area (Å²) in [6, 6.07) is 14.7. The molecule has 0 atom stereocenters. The maximum Gasteiger partial charge on any atom is -0.0809 e. The molecule has 0 saturated carbocycles. The van der Waals surface area contributed by atoms with E-state index in [1.807, 2.05) is 0 Å². The maximum atomic E-state index is 8.18. The molecule has 2 aromatic rings. The predicted molar refractivity (Wildman–Crippen MR) is 40.2 cm³/mol. The fourth-order valence-corrected chi connectivity index (χ4v) is 1.07. The van der Waals surface area contributed by atoms with Gasteiger partial charge >= 0.3 is 21.8 Å². The molecule has 0 amide bonds. The summed E-state index contributed by atoms with van der Waals surface area (Å²) >= 11 is 1.10. The molecule has 0 aliphatic rings. The second-order valence-corrected chi connectivity index (χ2v) is 2.15. The van der Waals surface area contributed by atoms with E-state index in [0.29, 0.717) is 0 Å². The third-order valence-corrected chi connectivity index (χ3v) is 1.55. The minimum absolute atomic E-state index is 1.10. The molecule has 0 aliphatic carbocycles. The van der Waals surface area contributed by atoms with Crippen LogP contribution in [0.25, 0.3) is 10.8 Å². The van der Waals surface area contributed by atoms with E-state index in [1.165, 1.54) is 10.8 Å². The largest absolute Gasteiger partial charge is 0.168 e. The molecule has 0 N–H and O–H groups in total. The molecule has 0 radical (unpaired) electrons. The van der Waals surface area contributed by atoms with Crippen LogP contribution in [0.1, 0.15) is 0 Å². The van der Waals surface area contributed by atoms with Gasteiger partial charge in [-0.1, -0.05) is 6.07 Å². The Balaban J connectivity index is 0.000000281. The Morgan fingerprint density at radius 1 is 1.09 bits per heavy atom. The number of hydrogen-bond donors (Lipinski definition) is 0. The fraction of sp³-hybridized carbons (Fsp3) is 0. The van der Waals surface area contributed by atoms with Gasteiger partial charge in [0.15, 0.2) is 0 Å². The first kappa shape index (κ1) is 8.35. The van der Waals surface area contributed by atoms with Gasteiger partial charge in [-0.25, -0.2) is 0 Å². The van der Waals surface area contributed by atoms with Crippen LogP contribution in [0.5, 0.6) is 0 Å². The molecule has 0 unspecified atom stereocenters. The Labute approximate surface area is 75.3 Å². The van der Waals surface area contributed by atoms with E-state index >= 15 is 0 Å². The van der Waals surface area contributed by atoms with Crippen molar-refractivity contribution in [1.82, 2.24) is 0 Å². The third kappa shape index (κ3) is 1.84. The minimum atomic E-state index is 1.10. The molecule has 11 heavy (non-hydrogen) atoms. The van der Waals surface area contributed by atoms with Crippen LogP contribution in [-0.4, -0.2) is 0 Å². The van der Waals surface area contributed by atoms with Crippen molar-refractivity contribution in [2.45, 2.75) is 0 Å². The molecular formula is C9H7ORu. The molecule has 0 spiro atoms. The zero-order valence-corrected chi connectivity index (χ0v) is 7.54. The summed E-state index contributed by atoms with van der Waals surface area (Å²) in [7, 11) is 0. The first-order chi connectivity index (χ1) is 5.47. The van der Waals surface area contributed by atoms with Crippen LogP contribution >= 0.6 is 0 Å². The smallest absolute Gasteiger partial charge is 0.0809 e. The summed E-state index contributed by atoms with van der Waals surface area (Å²) in [4.78, 5) is 0. The van der Waals surface area contributed by atoms with Gasteiger partial charge in [-0.05, 0) is 0 Å². The van der Waals surface area contributed by atoms with Crippen molar-refractivity contribution in [3.05, 3.63) is 42.5 Å². The van der Waals surface area contributed by atoms with Crippen LogP contribution in [-0.2, 0) is 21.8 Å². The third-order valence-electron chi connectivity index (χ3n) is 1.55. The van der Waals surface area contributed by atoms with E-state index in [2.05, 4.69) is 42.5 Å². The number of hydrogen-bond acceptors (Lipinski definition) is 1. The van der Waals surface area contributed by atoms with Gasteiger partial charge in [0, 0.05) is 0 Å². The van der Waals surface area contributed by atoms with Gasteiger partial charge in [0.05, 0.1) is 0 Å². The van der Waals surface area contributed by atoms with Crippen LogP contribution in [0, 0.1) is 0 Å². The molecule has 0 bridgehead atoms. The molecule has 0 heterocycles. The molecule has 2 heteroatoms. The summed E-state index contributed by atoms with van der Waals surface area (Å²) in [6.45, 7) is 0. The minimum Gasteiger partial charge on any atom is -0.168 e. The molecule has 0 fully saturated rings. The summed E-state index contributed by atoms with van der Waals surface area (Å²) in [5.74, 6) is 0. The summed E-state index contributed by atoms with van der Waals surface area (Å²) in [6.07, 6.45) is 0. The van der Waals surface area contributed by atoms with E-state index in [0.717, 1.165) is 18.3 Å². The van der Waals surface area contributed by atoms with Gasteiger partial charge in [-0.15, -0.1) is 29.7 Å². The zero-order valence-electron chi connectivity index (χ0n) is 5.80. The normalized spacial score (nSPS) is 8.73. The predicted octanol–water partition coefficient (Wildman–Crippen LogP) is 2.44. The van der Waals surface area contributed by atoms with Gasteiger partial charge in [0.1, 0.15) is 0 Å². The molecule has 2 aromatic carbocycles. The van der Waals surface area contributed by atoms with E-state index in [1.54, 1.807) is 0 Å². The van der Waals surface area contributed by atoms with Crippen molar-refractivity contribution < 1.29 is 21.8 Å². The van der Waals surface area contributed by atoms with Crippen LogP contribution < -0.4 is 0 Å². The molecule has 1 nitrogen and oxygen atoms in total. The van der Waals surface area contributed by atoms with Crippen LogP contribution in [0.4, 0.5) is 0 Å². The Morgan fingerprint density at radius 2 is 1.82 bits per heavy atom. The summed E-state index contributed by atoms with van der Waals surface area (Å²) in [5.41, 5.74) is 0. The second kappa shape index (κ2) is 4.20. The Kier molecular flexibility index (Phi) is 3.19. The first-order valence-electron chi connectivity index (χ1n) is 3.22. The van der Waals surface area contributed by atoms with E-state index in [4.69, 9.17) is 3.57 Å². The zero-order chi connectivity index (χ0) is 8.10. The topological polar surface area (TPSA) is 17.1 Å². The average Bonchev–Trinajstić information content (AvgIpc) is 2.55. The number of fused-ring (bicyclic) bond motifs is 1. The second-order valence-electron chi connectivity index (χ2n) is 2.15. The van der Waals surface area contributed by atoms with Gasteiger partial charge in [-0.3, -0.25) is 0 Å². The van der Waals surface area contributed by atoms with Crippen molar-refractivity contribution >= 4 is 10.8 Å². The molecule has 0 saturated heterocycles. The van der Waals surface area contributed by atoms with Crippen molar-refractivity contribution in [2.24, 2.45) is 0 Å².